The fraction of sp³-hybridized carbons (Fsp3) is 0.471. The van der Waals surface area contributed by atoms with E-state index in [4.69, 9.17) is 9.47 Å². The van der Waals surface area contributed by atoms with Crippen LogP contribution in [0.15, 0.2) is 66.7 Å². The lowest BCUT2D eigenvalue weighted by Crippen LogP contribution is -2.62. The molecule has 0 spiro atoms. The summed E-state index contributed by atoms with van der Waals surface area (Å²) in [7, 11) is 3.61. The maximum Gasteiger partial charge on any atom is 0.302 e. The van der Waals surface area contributed by atoms with Crippen molar-refractivity contribution in [3.63, 3.8) is 0 Å². The summed E-state index contributed by atoms with van der Waals surface area (Å²) < 4.78 is 11.8. The van der Waals surface area contributed by atoms with Gasteiger partial charge in [0, 0.05) is 56.4 Å². The Labute approximate surface area is 237 Å². The predicted molar refractivity (Wildman–Crippen MR) is 157 cm³/mol. The van der Waals surface area contributed by atoms with E-state index < -0.39 is 0 Å². The van der Waals surface area contributed by atoms with E-state index in [0.717, 1.165) is 54.9 Å². The number of rotatable bonds is 7. The molecule has 2 aliphatic carbocycles. The normalized spacial score (nSPS) is 26.6. The third kappa shape index (κ3) is 5.22. The highest BCUT2D eigenvalue weighted by Gasteiger charge is 2.54. The van der Waals surface area contributed by atoms with Crippen LogP contribution in [0.4, 0.5) is 0 Å². The molecule has 6 heteroatoms. The smallest absolute Gasteiger partial charge is 0.302 e. The monoisotopic (exact) mass is 540 g/mol. The molecule has 1 heterocycles. The number of amides is 1. The second kappa shape index (κ2) is 10.9. The van der Waals surface area contributed by atoms with E-state index >= 15 is 0 Å². The Kier molecular flexibility index (Phi) is 7.30. The van der Waals surface area contributed by atoms with E-state index in [1.165, 1.54) is 25.3 Å². The molecule has 3 fully saturated rings. The zero-order chi connectivity index (χ0) is 27.9. The summed E-state index contributed by atoms with van der Waals surface area (Å²) in [4.78, 5) is 30.8. The third-order valence-corrected chi connectivity index (χ3v) is 9.63. The van der Waals surface area contributed by atoms with Gasteiger partial charge in [-0.05, 0) is 78.7 Å². The van der Waals surface area contributed by atoms with Crippen molar-refractivity contribution in [1.82, 2.24) is 9.80 Å². The van der Waals surface area contributed by atoms with Crippen LogP contribution in [0, 0.1) is 11.8 Å². The van der Waals surface area contributed by atoms with E-state index in [9.17, 15) is 9.59 Å². The van der Waals surface area contributed by atoms with Crippen LogP contribution in [0.1, 0.15) is 54.9 Å². The van der Waals surface area contributed by atoms with Crippen LogP contribution in [0.5, 0.6) is 5.75 Å². The predicted octanol–water partition coefficient (Wildman–Crippen LogP) is 5.68. The molecule has 1 saturated heterocycles. The van der Waals surface area contributed by atoms with Gasteiger partial charge < -0.3 is 19.3 Å². The van der Waals surface area contributed by atoms with Crippen LogP contribution < -0.4 is 4.74 Å². The van der Waals surface area contributed by atoms with Gasteiger partial charge in [0.1, 0.15) is 11.9 Å². The van der Waals surface area contributed by atoms with Crippen LogP contribution >= 0.6 is 0 Å². The first kappa shape index (κ1) is 26.8. The first-order valence-electron chi connectivity index (χ1n) is 14.7. The van der Waals surface area contributed by atoms with Crippen molar-refractivity contribution in [3.8, 4) is 5.75 Å². The molecular weight excluding hydrogens is 500 g/mol. The molecule has 210 valence electrons. The van der Waals surface area contributed by atoms with E-state index in [-0.39, 0.29) is 35.4 Å². The standard InChI is InChI=1S/C34H40N2O4/c1-23(37)40-32-19-29(35(2)33(38)27-14-13-25-7-4-5-8-26(25)17-27)20-34(28-9-6-10-30(18-28)39-3)15-16-36(22-31(32)34)21-24-11-12-24/h4-10,13-14,17-18,24,29,31-32H,11-12,15-16,19-22H2,1-3H3. The SMILES string of the molecule is COc1cccc(C23CCN(CC4CC4)CC2C(OC(C)=O)CC(N(C)C(=O)c2ccc4ccccc4c2)C3)c1. The molecular formula is C34H40N2O4. The maximum atomic E-state index is 13.9. The quantitative estimate of drug-likeness (QED) is 0.361. The molecule has 0 N–H and O–H groups in total. The number of likely N-dealkylation sites (tertiary alicyclic amines) is 1. The summed E-state index contributed by atoms with van der Waals surface area (Å²) in [6, 6.07) is 22.4. The lowest BCUT2D eigenvalue weighted by atomic mass is 9.56. The number of benzene rings is 3. The number of methoxy groups -OCH3 is 1. The number of carbonyl (C=O) groups excluding carboxylic acids is 2. The fourth-order valence-corrected chi connectivity index (χ4v) is 7.32. The van der Waals surface area contributed by atoms with Crippen molar-refractivity contribution < 1.29 is 19.1 Å². The van der Waals surface area contributed by atoms with Crippen molar-refractivity contribution >= 4 is 22.6 Å². The van der Waals surface area contributed by atoms with E-state index in [2.05, 4.69) is 29.2 Å². The summed E-state index contributed by atoms with van der Waals surface area (Å²) in [5, 5.41) is 2.17. The Balaban J connectivity index is 1.35. The van der Waals surface area contributed by atoms with Crippen molar-refractivity contribution in [3.05, 3.63) is 77.9 Å². The number of nitrogens with zero attached hydrogens (tertiary/aromatic N) is 2. The van der Waals surface area contributed by atoms with Crippen molar-refractivity contribution in [2.45, 2.75) is 56.6 Å². The van der Waals surface area contributed by atoms with Gasteiger partial charge in [0.15, 0.2) is 0 Å². The summed E-state index contributed by atoms with van der Waals surface area (Å²) in [6.07, 6.45) is 4.80. The minimum Gasteiger partial charge on any atom is -0.497 e. The number of piperidine rings is 1. The molecule has 3 aromatic rings. The molecule has 4 unspecified atom stereocenters. The van der Waals surface area contributed by atoms with Gasteiger partial charge in [-0.15, -0.1) is 0 Å². The summed E-state index contributed by atoms with van der Waals surface area (Å²) in [6.45, 7) is 4.54. The average molecular weight is 541 g/mol. The molecule has 2 saturated carbocycles. The molecule has 6 nitrogen and oxygen atoms in total. The number of esters is 1. The number of hydrogen-bond acceptors (Lipinski definition) is 5. The Morgan fingerprint density at radius 2 is 1.82 bits per heavy atom. The van der Waals surface area contributed by atoms with Crippen LogP contribution in [0.3, 0.4) is 0 Å². The molecule has 0 radical (unpaired) electrons. The summed E-state index contributed by atoms with van der Waals surface area (Å²) in [5.41, 5.74) is 1.67. The van der Waals surface area contributed by atoms with Crippen LogP contribution in [-0.2, 0) is 14.9 Å². The number of fused-ring (bicyclic) bond motifs is 2. The largest absolute Gasteiger partial charge is 0.497 e. The van der Waals surface area contributed by atoms with Gasteiger partial charge in [0.25, 0.3) is 5.91 Å². The van der Waals surface area contributed by atoms with E-state index in [1.54, 1.807) is 7.11 Å². The molecule has 1 amide bonds. The first-order chi connectivity index (χ1) is 19.4. The molecule has 1 aliphatic heterocycles. The van der Waals surface area contributed by atoms with Gasteiger partial charge in [-0.1, -0.05) is 42.5 Å². The minimum absolute atomic E-state index is 0.00254. The zero-order valence-electron chi connectivity index (χ0n) is 23.8. The lowest BCUT2D eigenvalue weighted by molar-refractivity contribution is -0.158. The Morgan fingerprint density at radius 1 is 1.02 bits per heavy atom. The lowest BCUT2D eigenvalue weighted by Gasteiger charge is -2.56. The highest BCUT2D eigenvalue weighted by atomic mass is 16.5. The van der Waals surface area contributed by atoms with Crippen molar-refractivity contribution in [2.24, 2.45) is 11.8 Å². The highest BCUT2D eigenvalue weighted by molar-refractivity contribution is 5.98. The number of ether oxygens (including phenoxy) is 2. The van der Waals surface area contributed by atoms with Crippen molar-refractivity contribution in [2.75, 3.05) is 33.8 Å². The van der Waals surface area contributed by atoms with Crippen LogP contribution in [0.25, 0.3) is 10.8 Å². The van der Waals surface area contributed by atoms with Gasteiger partial charge in [-0.2, -0.15) is 0 Å². The minimum atomic E-state index is -0.267. The summed E-state index contributed by atoms with van der Waals surface area (Å²) >= 11 is 0. The molecule has 0 bridgehead atoms. The zero-order valence-corrected chi connectivity index (χ0v) is 23.8. The van der Waals surface area contributed by atoms with E-state index in [1.807, 2.05) is 54.4 Å². The summed E-state index contributed by atoms with van der Waals surface area (Å²) in [5.74, 6) is 1.53. The van der Waals surface area contributed by atoms with Crippen LogP contribution in [0.2, 0.25) is 0 Å². The molecule has 6 rings (SSSR count). The maximum absolute atomic E-state index is 13.9. The second-order valence-corrected chi connectivity index (χ2v) is 12.2. The van der Waals surface area contributed by atoms with Crippen LogP contribution in [-0.4, -0.2) is 67.6 Å². The van der Waals surface area contributed by atoms with Gasteiger partial charge >= 0.3 is 5.97 Å². The Morgan fingerprint density at radius 3 is 2.58 bits per heavy atom. The molecule has 4 atom stereocenters. The Bertz CT molecular complexity index is 1400. The second-order valence-electron chi connectivity index (χ2n) is 12.2. The molecule has 3 aliphatic rings. The van der Waals surface area contributed by atoms with Crippen molar-refractivity contribution in [1.29, 1.82) is 0 Å². The Hall–Kier alpha value is -3.38. The molecule has 40 heavy (non-hydrogen) atoms. The third-order valence-electron chi connectivity index (χ3n) is 9.63. The average Bonchev–Trinajstić information content (AvgIpc) is 3.80. The van der Waals surface area contributed by atoms with Gasteiger partial charge in [-0.3, -0.25) is 9.59 Å². The molecule has 0 aromatic heterocycles. The first-order valence-corrected chi connectivity index (χ1v) is 14.7. The number of hydrogen-bond donors (Lipinski definition) is 0. The van der Waals surface area contributed by atoms with Gasteiger partial charge in [0.05, 0.1) is 7.11 Å². The number of carbonyl (C=O) groups is 2. The van der Waals surface area contributed by atoms with Gasteiger partial charge in [-0.25, -0.2) is 0 Å². The molecule has 3 aromatic carbocycles. The fourth-order valence-electron chi connectivity index (χ4n) is 7.32. The van der Waals surface area contributed by atoms with E-state index in [0.29, 0.717) is 12.0 Å². The topological polar surface area (TPSA) is 59.1 Å². The van der Waals surface area contributed by atoms with Gasteiger partial charge in [0.2, 0.25) is 0 Å². The highest BCUT2D eigenvalue weighted by Crippen LogP contribution is 2.52.